The number of hydrogen-bond donors (Lipinski definition) is 1. The first-order chi connectivity index (χ1) is 14.6. The van der Waals surface area contributed by atoms with Gasteiger partial charge in [0, 0.05) is 11.3 Å². The lowest BCUT2D eigenvalue weighted by Gasteiger charge is -2.06. The molecule has 0 radical (unpaired) electrons. The van der Waals surface area contributed by atoms with Gasteiger partial charge in [-0.15, -0.1) is 10.2 Å². The lowest BCUT2D eigenvalue weighted by atomic mass is 10.1. The van der Waals surface area contributed by atoms with Gasteiger partial charge in [0.15, 0.2) is 5.65 Å². The molecular formula is C22H21N5O2S. The Labute approximate surface area is 178 Å². The van der Waals surface area contributed by atoms with E-state index in [0.29, 0.717) is 17.4 Å². The van der Waals surface area contributed by atoms with Gasteiger partial charge >= 0.3 is 0 Å². The summed E-state index contributed by atoms with van der Waals surface area (Å²) < 4.78 is 7.15. The van der Waals surface area contributed by atoms with Gasteiger partial charge in [-0.2, -0.15) is 9.61 Å². The van der Waals surface area contributed by atoms with Crippen molar-refractivity contribution < 1.29 is 9.53 Å². The molecule has 0 aliphatic heterocycles. The van der Waals surface area contributed by atoms with Crippen LogP contribution in [0.5, 0.6) is 5.75 Å². The van der Waals surface area contributed by atoms with Crippen LogP contribution in [0.15, 0.2) is 65.8 Å². The minimum atomic E-state index is -0.108. The third-order valence-electron chi connectivity index (χ3n) is 4.36. The first-order valence-corrected chi connectivity index (χ1v) is 10.6. The number of amides is 1. The normalized spacial score (nSPS) is 10.9. The Morgan fingerprint density at radius 3 is 2.53 bits per heavy atom. The Morgan fingerprint density at radius 1 is 1.03 bits per heavy atom. The molecule has 7 nitrogen and oxygen atoms in total. The Morgan fingerprint density at radius 2 is 1.80 bits per heavy atom. The molecule has 2 aromatic heterocycles. The fourth-order valence-corrected chi connectivity index (χ4v) is 3.55. The molecule has 0 aliphatic rings. The average Bonchev–Trinajstić information content (AvgIpc) is 3.17. The highest BCUT2D eigenvalue weighted by atomic mass is 32.2. The molecular weight excluding hydrogens is 398 g/mol. The number of ether oxygens (including phenoxy) is 1. The molecule has 2 heterocycles. The molecule has 0 atom stereocenters. The number of aromatic nitrogens is 4. The molecule has 0 spiro atoms. The molecule has 1 N–H and O–H groups in total. The van der Waals surface area contributed by atoms with Crippen LogP contribution < -0.4 is 10.1 Å². The maximum atomic E-state index is 12.3. The lowest BCUT2D eigenvalue weighted by molar-refractivity contribution is -0.113. The van der Waals surface area contributed by atoms with E-state index in [1.54, 1.807) is 4.52 Å². The summed E-state index contributed by atoms with van der Waals surface area (Å²) in [6.07, 6.45) is 0. The number of carbonyl (C=O) groups is 1. The monoisotopic (exact) mass is 419 g/mol. The Bertz CT molecular complexity index is 1160. The van der Waals surface area contributed by atoms with Crippen molar-refractivity contribution in [1.29, 1.82) is 0 Å². The number of benzene rings is 2. The van der Waals surface area contributed by atoms with Crippen molar-refractivity contribution in [2.24, 2.45) is 0 Å². The highest BCUT2D eigenvalue weighted by Gasteiger charge is 2.12. The third-order valence-corrected chi connectivity index (χ3v) is 5.28. The minimum absolute atomic E-state index is 0.108. The second kappa shape index (κ2) is 8.96. The molecule has 0 unspecified atom stereocenters. The second-order valence-electron chi connectivity index (χ2n) is 6.63. The number of nitrogens with one attached hydrogen (secondary N) is 1. The van der Waals surface area contributed by atoms with Crippen molar-refractivity contribution in [3.63, 3.8) is 0 Å². The lowest BCUT2D eigenvalue weighted by Crippen LogP contribution is -2.14. The van der Waals surface area contributed by atoms with Crippen LogP contribution in [0.3, 0.4) is 0 Å². The van der Waals surface area contributed by atoms with Gasteiger partial charge in [-0.3, -0.25) is 4.79 Å². The van der Waals surface area contributed by atoms with Crippen molar-refractivity contribution in [1.82, 2.24) is 19.8 Å². The zero-order chi connectivity index (χ0) is 20.9. The summed E-state index contributed by atoms with van der Waals surface area (Å²) in [5, 5.41) is 16.4. The van der Waals surface area contributed by atoms with Gasteiger partial charge in [0.1, 0.15) is 5.75 Å². The van der Waals surface area contributed by atoms with Gasteiger partial charge < -0.3 is 10.1 Å². The van der Waals surface area contributed by atoms with Crippen molar-refractivity contribution in [2.45, 2.75) is 19.0 Å². The molecule has 0 bridgehead atoms. The Kier molecular flexibility index (Phi) is 5.94. The van der Waals surface area contributed by atoms with E-state index in [2.05, 4.69) is 20.6 Å². The van der Waals surface area contributed by atoms with E-state index in [1.807, 2.05) is 74.5 Å². The van der Waals surface area contributed by atoms with E-state index in [0.717, 1.165) is 28.3 Å². The van der Waals surface area contributed by atoms with E-state index in [4.69, 9.17) is 4.74 Å². The maximum absolute atomic E-state index is 12.3. The van der Waals surface area contributed by atoms with Gasteiger partial charge in [0.2, 0.25) is 11.1 Å². The van der Waals surface area contributed by atoms with E-state index in [9.17, 15) is 4.79 Å². The van der Waals surface area contributed by atoms with Crippen molar-refractivity contribution in [3.8, 4) is 17.0 Å². The number of thioether (sulfide) groups is 1. The molecule has 0 saturated carbocycles. The molecule has 0 aliphatic carbocycles. The van der Waals surface area contributed by atoms with Crippen LogP contribution in [0.25, 0.3) is 16.9 Å². The number of rotatable bonds is 7. The third kappa shape index (κ3) is 4.60. The van der Waals surface area contributed by atoms with Crippen LogP contribution in [-0.4, -0.2) is 38.1 Å². The molecule has 4 aromatic rings. The standard InChI is InChI=1S/C22H21N5O2S/c1-3-29-18-10-6-16(7-11-18)19-12-13-20-24-25-22(27(20)26-19)30-14-21(28)23-17-8-4-15(2)5-9-17/h4-13H,3,14H2,1-2H3,(H,23,28). The van der Waals surface area contributed by atoms with Gasteiger partial charge in [-0.1, -0.05) is 29.5 Å². The summed E-state index contributed by atoms with van der Waals surface area (Å²) >= 11 is 1.29. The van der Waals surface area contributed by atoms with E-state index < -0.39 is 0 Å². The summed E-state index contributed by atoms with van der Waals surface area (Å²) in [6.45, 7) is 4.59. The SMILES string of the molecule is CCOc1ccc(-c2ccc3nnc(SCC(=O)Nc4ccc(C)cc4)n3n2)cc1. The van der Waals surface area contributed by atoms with Gasteiger partial charge in [0.05, 0.1) is 18.1 Å². The van der Waals surface area contributed by atoms with E-state index in [-0.39, 0.29) is 11.7 Å². The highest BCUT2D eigenvalue weighted by Crippen LogP contribution is 2.23. The van der Waals surface area contributed by atoms with Gasteiger partial charge in [-0.05, 0) is 62.4 Å². The molecule has 0 fully saturated rings. The van der Waals surface area contributed by atoms with Crippen LogP contribution in [-0.2, 0) is 4.79 Å². The predicted octanol–water partition coefficient (Wildman–Crippen LogP) is 4.23. The van der Waals surface area contributed by atoms with E-state index in [1.165, 1.54) is 11.8 Å². The quantitative estimate of drug-likeness (QED) is 0.452. The number of aryl methyl sites for hydroxylation is 1. The molecule has 152 valence electrons. The highest BCUT2D eigenvalue weighted by molar-refractivity contribution is 7.99. The summed E-state index contributed by atoms with van der Waals surface area (Å²) in [6, 6.07) is 19.2. The fourth-order valence-electron chi connectivity index (χ4n) is 2.87. The zero-order valence-corrected chi connectivity index (χ0v) is 17.5. The predicted molar refractivity (Wildman–Crippen MR) is 118 cm³/mol. The smallest absolute Gasteiger partial charge is 0.234 e. The molecule has 1 amide bonds. The molecule has 2 aromatic carbocycles. The second-order valence-corrected chi connectivity index (χ2v) is 7.57. The summed E-state index contributed by atoms with van der Waals surface area (Å²) in [5.41, 5.74) is 4.30. The maximum Gasteiger partial charge on any atom is 0.234 e. The number of hydrogen-bond acceptors (Lipinski definition) is 6. The van der Waals surface area contributed by atoms with Crippen molar-refractivity contribution in [3.05, 3.63) is 66.2 Å². The Balaban J connectivity index is 1.47. The number of fused-ring (bicyclic) bond motifs is 1. The number of nitrogens with zero attached hydrogens (tertiary/aromatic N) is 4. The largest absolute Gasteiger partial charge is 0.494 e. The van der Waals surface area contributed by atoms with Crippen molar-refractivity contribution >= 4 is 29.0 Å². The molecule has 4 rings (SSSR count). The molecule has 30 heavy (non-hydrogen) atoms. The molecule has 0 saturated heterocycles. The van der Waals surface area contributed by atoms with E-state index >= 15 is 0 Å². The van der Waals surface area contributed by atoms with Gasteiger partial charge in [0.25, 0.3) is 0 Å². The first-order valence-electron chi connectivity index (χ1n) is 9.57. The summed E-state index contributed by atoms with van der Waals surface area (Å²) in [4.78, 5) is 12.3. The van der Waals surface area contributed by atoms with Crippen LogP contribution >= 0.6 is 11.8 Å². The van der Waals surface area contributed by atoms with Crippen molar-refractivity contribution in [2.75, 3.05) is 17.7 Å². The van der Waals surface area contributed by atoms with Crippen LogP contribution in [0, 0.1) is 6.92 Å². The first kappa shape index (κ1) is 19.9. The average molecular weight is 420 g/mol. The zero-order valence-electron chi connectivity index (χ0n) is 16.7. The molecule has 8 heteroatoms. The summed E-state index contributed by atoms with van der Waals surface area (Å²) in [7, 11) is 0. The summed E-state index contributed by atoms with van der Waals surface area (Å²) in [5.74, 6) is 0.926. The van der Waals surface area contributed by atoms with Gasteiger partial charge in [-0.25, -0.2) is 0 Å². The Hall–Kier alpha value is -3.39. The van der Waals surface area contributed by atoms with Crippen LogP contribution in [0.4, 0.5) is 5.69 Å². The van der Waals surface area contributed by atoms with Crippen LogP contribution in [0.2, 0.25) is 0 Å². The fraction of sp³-hybridized carbons (Fsp3) is 0.182. The number of anilines is 1. The number of carbonyl (C=O) groups excluding carboxylic acids is 1. The topological polar surface area (TPSA) is 81.4 Å². The minimum Gasteiger partial charge on any atom is -0.494 e. The van der Waals surface area contributed by atoms with Crippen LogP contribution in [0.1, 0.15) is 12.5 Å².